The second-order valence-corrected chi connectivity index (χ2v) is 4.70. The minimum Gasteiger partial charge on any atom is -0.362 e. The summed E-state index contributed by atoms with van der Waals surface area (Å²) in [6.45, 7) is 2.20. The van der Waals surface area contributed by atoms with Gasteiger partial charge in [0.15, 0.2) is 5.79 Å². The highest BCUT2D eigenvalue weighted by atomic mass is 16.5. The fraction of sp³-hybridized carbons (Fsp3) is 0.600. The van der Waals surface area contributed by atoms with Crippen LogP contribution in [0.2, 0.25) is 0 Å². The molecule has 2 nitrogen and oxygen atoms in total. The number of hydrogen-bond donors (Lipinski definition) is 2. The van der Waals surface area contributed by atoms with Crippen LogP contribution in [0.15, 0.2) is 30.3 Å². The fourth-order valence-electron chi connectivity index (χ4n) is 2.00. The smallest absolute Gasteiger partial charge is 0.189 e. The second-order valence-electron chi connectivity index (χ2n) is 4.70. The van der Waals surface area contributed by atoms with Crippen molar-refractivity contribution in [2.75, 3.05) is 0 Å². The molecule has 0 saturated carbocycles. The number of hydrogen-bond acceptors (Lipinski definition) is 2. The molecule has 0 amide bonds. The molecular weight excluding hydrogens is 212 g/mol. The van der Waals surface area contributed by atoms with Gasteiger partial charge in [0.25, 0.3) is 0 Å². The monoisotopic (exact) mass is 236 g/mol. The normalized spacial score (nSPS) is 11.7. The first-order chi connectivity index (χ1) is 8.17. The lowest BCUT2D eigenvalue weighted by atomic mass is 9.99. The molecule has 0 aromatic heterocycles. The van der Waals surface area contributed by atoms with E-state index in [0.29, 0.717) is 12.0 Å². The zero-order valence-corrected chi connectivity index (χ0v) is 10.7. The number of rotatable bonds is 8. The molecule has 0 aliphatic carbocycles. The lowest BCUT2D eigenvalue weighted by molar-refractivity contribution is -0.175. The Morgan fingerprint density at radius 3 is 2.12 bits per heavy atom. The van der Waals surface area contributed by atoms with Crippen LogP contribution >= 0.6 is 0 Å². The predicted molar refractivity (Wildman–Crippen MR) is 70.6 cm³/mol. The minimum atomic E-state index is -1.66. The molecule has 2 heteroatoms. The molecule has 0 aliphatic rings. The molecule has 17 heavy (non-hydrogen) atoms. The van der Waals surface area contributed by atoms with E-state index < -0.39 is 5.79 Å². The summed E-state index contributed by atoms with van der Waals surface area (Å²) in [6, 6.07) is 9.06. The van der Waals surface area contributed by atoms with Crippen LogP contribution in [0.4, 0.5) is 0 Å². The van der Waals surface area contributed by atoms with Gasteiger partial charge in [0, 0.05) is 12.0 Å². The van der Waals surface area contributed by atoms with Crippen molar-refractivity contribution in [1.82, 2.24) is 0 Å². The average molecular weight is 236 g/mol. The Morgan fingerprint density at radius 2 is 1.47 bits per heavy atom. The summed E-state index contributed by atoms with van der Waals surface area (Å²) in [7, 11) is 0. The van der Waals surface area contributed by atoms with Gasteiger partial charge < -0.3 is 10.2 Å². The van der Waals surface area contributed by atoms with Gasteiger partial charge in [-0.1, -0.05) is 69.4 Å². The SMILES string of the molecule is CCCCCCCCC(O)(O)c1ccccc1. The van der Waals surface area contributed by atoms with E-state index in [-0.39, 0.29) is 0 Å². The molecule has 0 atom stereocenters. The third kappa shape index (κ3) is 5.33. The van der Waals surface area contributed by atoms with Gasteiger partial charge in [0.05, 0.1) is 0 Å². The van der Waals surface area contributed by atoms with E-state index in [4.69, 9.17) is 0 Å². The van der Waals surface area contributed by atoms with Crippen molar-refractivity contribution in [3.8, 4) is 0 Å². The minimum absolute atomic E-state index is 0.420. The molecule has 1 aromatic carbocycles. The molecule has 0 bridgehead atoms. The van der Waals surface area contributed by atoms with Crippen LogP contribution in [0.1, 0.15) is 57.4 Å². The van der Waals surface area contributed by atoms with Crippen molar-refractivity contribution >= 4 is 0 Å². The summed E-state index contributed by atoms with van der Waals surface area (Å²) < 4.78 is 0. The number of aliphatic hydroxyl groups is 2. The summed E-state index contributed by atoms with van der Waals surface area (Å²) in [5.41, 5.74) is 0.591. The molecule has 0 fully saturated rings. The molecule has 96 valence electrons. The highest BCUT2D eigenvalue weighted by Gasteiger charge is 2.24. The first-order valence-corrected chi connectivity index (χ1v) is 6.67. The van der Waals surface area contributed by atoms with Gasteiger partial charge in [0.2, 0.25) is 0 Å². The molecule has 0 unspecified atom stereocenters. The van der Waals surface area contributed by atoms with Gasteiger partial charge in [-0.25, -0.2) is 0 Å². The summed E-state index contributed by atoms with van der Waals surface area (Å²) in [5, 5.41) is 19.9. The van der Waals surface area contributed by atoms with E-state index in [0.717, 1.165) is 12.8 Å². The maximum atomic E-state index is 9.94. The Bertz CT molecular complexity index is 293. The largest absolute Gasteiger partial charge is 0.362 e. The highest BCUT2D eigenvalue weighted by molar-refractivity contribution is 5.19. The van der Waals surface area contributed by atoms with E-state index in [1.807, 2.05) is 18.2 Å². The lowest BCUT2D eigenvalue weighted by Crippen LogP contribution is -2.24. The van der Waals surface area contributed by atoms with Gasteiger partial charge in [-0.3, -0.25) is 0 Å². The maximum Gasteiger partial charge on any atom is 0.189 e. The predicted octanol–water partition coefficient (Wildman–Crippen LogP) is 3.57. The summed E-state index contributed by atoms with van der Waals surface area (Å²) in [5.74, 6) is -1.66. The van der Waals surface area contributed by atoms with Gasteiger partial charge >= 0.3 is 0 Å². The maximum absolute atomic E-state index is 9.94. The van der Waals surface area contributed by atoms with Crippen molar-refractivity contribution in [3.05, 3.63) is 35.9 Å². The highest BCUT2D eigenvalue weighted by Crippen LogP contribution is 2.24. The Morgan fingerprint density at radius 1 is 0.882 bits per heavy atom. The number of benzene rings is 1. The standard InChI is InChI=1S/C15H24O2/c1-2-3-4-5-6-10-13-15(16,17)14-11-8-7-9-12-14/h7-9,11-12,16-17H,2-6,10,13H2,1H3. The van der Waals surface area contributed by atoms with Crippen LogP contribution in [0.25, 0.3) is 0 Å². The second kappa shape index (κ2) is 7.46. The third-order valence-electron chi connectivity index (χ3n) is 3.12. The average Bonchev–Trinajstić information content (AvgIpc) is 2.35. The van der Waals surface area contributed by atoms with Crippen LogP contribution in [0, 0.1) is 0 Å². The van der Waals surface area contributed by atoms with Crippen LogP contribution < -0.4 is 0 Å². The van der Waals surface area contributed by atoms with Gasteiger partial charge in [-0.15, -0.1) is 0 Å². The first-order valence-electron chi connectivity index (χ1n) is 6.67. The van der Waals surface area contributed by atoms with E-state index >= 15 is 0 Å². The molecule has 0 spiro atoms. The topological polar surface area (TPSA) is 40.5 Å². The molecule has 0 radical (unpaired) electrons. The van der Waals surface area contributed by atoms with Gasteiger partial charge in [-0.05, 0) is 6.42 Å². The van der Waals surface area contributed by atoms with E-state index in [2.05, 4.69) is 6.92 Å². The molecule has 2 N–H and O–H groups in total. The van der Waals surface area contributed by atoms with Crippen molar-refractivity contribution < 1.29 is 10.2 Å². The lowest BCUT2D eigenvalue weighted by Gasteiger charge is -2.22. The molecule has 0 aliphatic heterocycles. The quantitative estimate of drug-likeness (QED) is 0.535. The van der Waals surface area contributed by atoms with Gasteiger partial charge in [-0.2, -0.15) is 0 Å². The van der Waals surface area contributed by atoms with Crippen molar-refractivity contribution in [1.29, 1.82) is 0 Å². The van der Waals surface area contributed by atoms with Crippen LogP contribution in [0.3, 0.4) is 0 Å². The third-order valence-corrected chi connectivity index (χ3v) is 3.12. The Kier molecular flexibility index (Phi) is 6.23. The molecular formula is C15H24O2. The zero-order valence-electron chi connectivity index (χ0n) is 10.7. The Balaban J connectivity index is 2.26. The number of unbranched alkanes of at least 4 members (excludes halogenated alkanes) is 5. The van der Waals surface area contributed by atoms with Crippen LogP contribution in [0.5, 0.6) is 0 Å². The van der Waals surface area contributed by atoms with Crippen molar-refractivity contribution in [3.63, 3.8) is 0 Å². The van der Waals surface area contributed by atoms with E-state index in [1.165, 1.54) is 25.7 Å². The molecule has 1 aromatic rings. The molecule has 0 heterocycles. The van der Waals surface area contributed by atoms with Crippen molar-refractivity contribution in [2.24, 2.45) is 0 Å². The van der Waals surface area contributed by atoms with Gasteiger partial charge in [0.1, 0.15) is 0 Å². The van der Waals surface area contributed by atoms with Crippen LogP contribution in [-0.4, -0.2) is 10.2 Å². The molecule has 1 rings (SSSR count). The zero-order chi connectivity index (χ0) is 12.6. The Hall–Kier alpha value is -0.860. The first kappa shape index (κ1) is 14.2. The van der Waals surface area contributed by atoms with E-state index in [9.17, 15) is 10.2 Å². The summed E-state index contributed by atoms with van der Waals surface area (Å²) in [6.07, 6.45) is 7.34. The fourth-order valence-corrected chi connectivity index (χ4v) is 2.00. The van der Waals surface area contributed by atoms with Crippen LogP contribution in [-0.2, 0) is 5.79 Å². The summed E-state index contributed by atoms with van der Waals surface area (Å²) in [4.78, 5) is 0. The summed E-state index contributed by atoms with van der Waals surface area (Å²) >= 11 is 0. The molecule has 0 saturated heterocycles. The van der Waals surface area contributed by atoms with E-state index in [1.54, 1.807) is 12.1 Å². The Labute approximate surface area is 104 Å². The van der Waals surface area contributed by atoms with Crippen molar-refractivity contribution in [2.45, 2.75) is 57.7 Å².